The van der Waals surface area contributed by atoms with Gasteiger partial charge in [-0.1, -0.05) is 6.42 Å². The molecule has 1 N–H and O–H groups in total. The average Bonchev–Trinajstić information content (AvgIpc) is 3.06. The fourth-order valence-electron chi connectivity index (χ4n) is 5.28. The predicted octanol–water partition coefficient (Wildman–Crippen LogP) is 3.20. The van der Waals surface area contributed by atoms with E-state index in [-0.39, 0.29) is 0 Å². The zero-order valence-corrected chi connectivity index (χ0v) is 16.0. The number of hydrogen-bond donors (Lipinski definition) is 1. The van der Waals surface area contributed by atoms with E-state index in [1.165, 1.54) is 82.3 Å². The Bertz CT molecular complexity index is 616. The smallest absolute Gasteiger partial charge is 0.120 e. The first-order valence-corrected chi connectivity index (χ1v) is 10.9. The third-order valence-corrected chi connectivity index (χ3v) is 7.10. The van der Waals surface area contributed by atoms with E-state index >= 15 is 0 Å². The Morgan fingerprint density at radius 3 is 2.42 bits per heavy atom. The van der Waals surface area contributed by atoms with Crippen molar-refractivity contribution in [2.24, 2.45) is 0 Å². The Balaban J connectivity index is 1.19. The van der Waals surface area contributed by atoms with E-state index in [0.29, 0.717) is 6.10 Å². The van der Waals surface area contributed by atoms with E-state index in [2.05, 4.69) is 33.3 Å². The van der Waals surface area contributed by atoms with Crippen molar-refractivity contribution in [2.75, 3.05) is 37.6 Å². The number of rotatable bonds is 4. The van der Waals surface area contributed by atoms with Crippen LogP contribution in [0.3, 0.4) is 0 Å². The summed E-state index contributed by atoms with van der Waals surface area (Å²) in [6.45, 7) is 5.96. The fraction of sp³-hybridized carbons (Fsp3) is 0.727. The number of piperidine rings is 2. The molecule has 0 amide bonds. The van der Waals surface area contributed by atoms with E-state index in [4.69, 9.17) is 4.74 Å². The highest BCUT2D eigenvalue weighted by atomic mass is 16.5. The van der Waals surface area contributed by atoms with Gasteiger partial charge in [-0.3, -0.25) is 0 Å². The van der Waals surface area contributed by atoms with Crippen LogP contribution in [0.1, 0.15) is 50.5 Å². The zero-order valence-electron chi connectivity index (χ0n) is 16.0. The first-order chi connectivity index (χ1) is 12.9. The minimum Gasteiger partial charge on any atom is -0.490 e. The molecule has 2 saturated heterocycles. The number of hydrogen-bond acceptors (Lipinski definition) is 4. The van der Waals surface area contributed by atoms with Crippen LogP contribution in [0.25, 0.3) is 0 Å². The minimum atomic E-state index is 0.409. The largest absolute Gasteiger partial charge is 0.490 e. The van der Waals surface area contributed by atoms with E-state index in [0.717, 1.165) is 30.9 Å². The molecule has 0 bridgehead atoms. The van der Waals surface area contributed by atoms with E-state index in [1.807, 2.05) is 0 Å². The highest BCUT2D eigenvalue weighted by Crippen LogP contribution is 2.35. The maximum absolute atomic E-state index is 6.39. The van der Waals surface area contributed by atoms with Crippen LogP contribution in [0.2, 0.25) is 0 Å². The molecule has 3 aliphatic heterocycles. The second kappa shape index (κ2) is 7.40. The van der Waals surface area contributed by atoms with Gasteiger partial charge in [0.15, 0.2) is 0 Å². The molecular formula is C22H33N3O. The molecule has 5 rings (SSSR count). The van der Waals surface area contributed by atoms with Gasteiger partial charge >= 0.3 is 0 Å². The lowest BCUT2D eigenvalue weighted by atomic mass is 9.90. The van der Waals surface area contributed by atoms with Gasteiger partial charge in [0, 0.05) is 37.4 Å². The Morgan fingerprint density at radius 1 is 0.885 bits per heavy atom. The van der Waals surface area contributed by atoms with Gasteiger partial charge in [0.2, 0.25) is 0 Å². The summed E-state index contributed by atoms with van der Waals surface area (Å²) in [5, 5.41) is 3.48. The molecule has 0 radical (unpaired) electrons. The van der Waals surface area contributed by atoms with Gasteiger partial charge in [-0.15, -0.1) is 0 Å². The Hall–Kier alpha value is -1.26. The number of likely N-dealkylation sites (tertiary alicyclic amines) is 1. The standard InChI is InChI=1S/C22H33N3O/c1-2-18(3-1)24-13-9-20(10-14-24)26-21-4-5-22-17(16-21)8-15-25(22)19-6-11-23-12-7-19/h4-5,16,18-20,23H,1-3,6-15H2. The second-order valence-corrected chi connectivity index (χ2v) is 8.65. The van der Waals surface area contributed by atoms with Crippen LogP contribution in [-0.2, 0) is 6.42 Å². The van der Waals surface area contributed by atoms with Crippen molar-refractivity contribution in [1.29, 1.82) is 0 Å². The van der Waals surface area contributed by atoms with Gasteiger partial charge in [0.25, 0.3) is 0 Å². The van der Waals surface area contributed by atoms with Crippen molar-refractivity contribution in [1.82, 2.24) is 10.2 Å². The third kappa shape index (κ3) is 3.34. The molecule has 26 heavy (non-hydrogen) atoms. The first kappa shape index (κ1) is 16.9. The van der Waals surface area contributed by atoms with Crippen LogP contribution < -0.4 is 15.0 Å². The lowest BCUT2D eigenvalue weighted by Gasteiger charge is -2.41. The third-order valence-electron chi connectivity index (χ3n) is 7.10. The van der Waals surface area contributed by atoms with Crippen molar-refractivity contribution in [2.45, 2.75) is 69.6 Å². The molecule has 4 aliphatic rings. The topological polar surface area (TPSA) is 27.7 Å². The summed E-state index contributed by atoms with van der Waals surface area (Å²) in [7, 11) is 0. The molecule has 0 unspecified atom stereocenters. The number of anilines is 1. The monoisotopic (exact) mass is 355 g/mol. The van der Waals surface area contributed by atoms with Crippen LogP contribution in [0, 0.1) is 0 Å². The van der Waals surface area contributed by atoms with Gasteiger partial charge in [-0.05, 0) is 81.8 Å². The summed E-state index contributed by atoms with van der Waals surface area (Å²) in [4.78, 5) is 5.35. The molecule has 1 aromatic carbocycles. The van der Waals surface area contributed by atoms with Crippen molar-refractivity contribution >= 4 is 5.69 Å². The summed E-state index contributed by atoms with van der Waals surface area (Å²) < 4.78 is 6.39. The molecule has 4 nitrogen and oxygen atoms in total. The Morgan fingerprint density at radius 2 is 1.69 bits per heavy atom. The SMILES string of the molecule is c1cc2c(cc1OC1CCN(C3CCC3)CC1)CCN2C1CCNCC1. The predicted molar refractivity (Wildman–Crippen MR) is 106 cm³/mol. The van der Waals surface area contributed by atoms with Gasteiger partial charge in [-0.2, -0.15) is 0 Å². The minimum absolute atomic E-state index is 0.409. The summed E-state index contributed by atoms with van der Waals surface area (Å²) >= 11 is 0. The summed E-state index contributed by atoms with van der Waals surface area (Å²) in [5.74, 6) is 1.10. The first-order valence-electron chi connectivity index (χ1n) is 10.9. The normalized spacial score (nSPS) is 25.9. The second-order valence-electron chi connectivity index (χ2n) is 8.65. The van der Waals surface area contributed by atoms with Crippen LogP contribution in [0.15, 0.2) is 18.2 Å². The van der Waals surface area contributed by atoms with Crippen LogP contribution >= 0.6 is 0 Å². The number of nitrogens with one attached hydrogen (secondary N) is 1. The van der Waals surface area contributed by atoms with Crippen molar-refractivity contribution in [3.63, 3.8) is 0 Å². The van der Waals surface area contributed by atoms with Crippen molar-refractivity contribution in [3.8, 4) is 5.75 Å². The molecule has 142 valence electrons. The number of ether oxygens (including phenoxy) is 1. The Labute approximate surface area is 157 Å². The van der Waals surface area contributed by atoms with Gasteiger partial charge in [0.1, 0.15) is 11.9 Å². The average molecular weight is 356 g/mol. The van der Waals surface area contributed by atoms with Crippen LogP contribution in [0.4, 0.5) is 5.69 Å². The molecule has 0 atom stereocenters. The van der Waals surface area contributed by atoms with Crippen LogP contribution in [0.5, 0.6) is 5.75 Å². The van der Waals surface area contributed by atoms with Gasteiger partial charge in [0.05, 0.1) is 0 Å². The molecule has 3 heterocycles. The van der Waals surface area contributed by atoms with Gasteiger partial charge < -0.3 is 19.9 Å². The quantitative estimate of drug-likeness (QED) is 0.898. The molecule has 1 saturated carbocycles. The number of nitrogens with zero attached hydrogens (tertiary/aromatic N) is 2. The van der Waals surface area contributed by atoms with Crippen molar-refractivity contribution < 1.29 is 4.74 Å². The Kier molecular flexibility index (Phi) is 4.80. The van der Waals surface area contributed by atoms with Gasteiger partial charge in [-0.25, -0.2) is 0 Å². The molecule has 1 aliphatic carbocycles. The molecule has 3 fully saturated rings. The van der Waals surface area contributed by atoms with Crippen molar-refractivity contribution in [3.05, 3.63) is 23.8 Å². The maximum atomic E-state index is 6.39. The highest BCUT2D eigenvalue weighted by Gasteiger charge is 2.30. The van der Waals surface area contributed by atoms with Crippen LogP contribution in [-0.4, -0.2) is 55.8 Å². The van der Waals surface area contributed by atoms with E-state index < -0.39 is 0 Å². The molecule has 4 heteroatoms. The molecular weight excluding hydrogens is 322 g/mol. The lowest BCUT2D eigenvalue weighted by Crippen LogP contribution is -2.46. The number of benzene rings is 1. The molecule has 0 aromatic heterocycles. The highest BCUT2D eigenvalue weighted by molar-refractivity contribution is 5.61. The summed E-state index contributed by atoms with van der Waals surface area (Å²) in [6.07, 6.45) is 10.8. The lowest BCUT2D eigenvalue weighted by molar-refractivity contribution is 0.0493. The number of fused-ring (bicyclic) bond motifs is 1. The van der Waals surface area contributed by atoms with E-state index in [9.17, 15) is 0 Å². The zero-order chi connectivity index (χ0) is 17.3. The summed E-state index contributed by atoms with van der Waals surface area (Å²) in [6, 6.07) is 8.48. The maximum Gasteiger partial charge on any atom is 0.120 e. The fourth-order valence-corrected chi connectivity index (χ4v) is 5.28. The molecule has 1 aromatic rings. The van der Waals surface area contributed by atoms with E-state index in [1.54, 1.807) is 0 Å². The molecule has 0 spiro atoms. The summed E-state index contributed by atoms with van der Waals surface area (Å²) in [5.41, 5.74) is 2.96.